The second kappa shape index (κ2) is 6.49. The van der Waals surface area contributed by atoms with E-state index in [0.29, 0.717) is 18.8 Å². The Bertz CT molecular complexity index is 854. The molecule has 3 rings (SSSR count). The van der Waals surface area contributed by atoms with Crippen molar-refractivity contribution in [3.05, 3.63) is 65.9 Å². The van der Waals surface area contributed by atoms with Crippen molar-refractivity contribution in [2.45, 2.75) is 18.9 Å². The van der Waals surface area contributed by atoms with Crippen molar-refractivity contribution in [2.24, 2.45) is 0 Å². The molecule has 0 aliphatic heterocycles. The van der Waals surface area contributed by atoms with Gasteiger partial charge in [0.1, 0.15) is 5.82 Å². The zero-order valence-corrected chi connectivity index (χ0v) is 13.1. The van der Waals surface area contributed by atoms with Crippen molar-refractivity contribution >= 4 is 16.9 Å². The molecule has 0 saturated carbocycles. The molecule has 124 valence electrons. The van der Waals surface area contributed by atoms with E-state index in [0.717, 1.165) is 17.7 Å². The smallest absolute Gasteiger partial charge is 0.161 e. The number of nitrogens with one attached hydrogen (secondary N) is 1. The van der Waals surface area contributed by atoms with Crippen molar-refractivity contribution in [1.82, 2.24) is 9.97 Å². The number of nitrogens with zero attached hydrogens (tertiary/aromatic N) is 2. The summed E-state index contributed by atoms with van der Waals surface area (Å²) in [6, 6.07) is 11.4. The quantitative estimate of drug-likeness (QED) is 0.751. The van der Waals surface area contributed by atoms with E-state index in [1.807, 2.05) is 30.3 Å². The number of hydrogen-bond acceptors (Lipinski definition) is 4. The molecule has 0 aliphatic rings. The summed E-state index contributed by atoms with van der Waals surface area (Å²) in [7, 11) is 0. The molecule has 1 atom stereocenters. The third-order valence-electron chi connectivity index (χ3n) is 3.90. The molecule has 24 heavy (non-hydrogen) atoms. The average Bonchev–Trinajstić information content (AvgIpc) is 2.57. The third kappa shape index (κ3) is 3.49. The van der Waals surface area contributed by atoms with Crippen LogP contribution in [-0.4, -0.2) is 21.6 Å². The molecule has 0 amide bonds. The first kappa shape index (κ1) is 16.3. The first-order chi connectivity index (χ1) is 11.5. The van der Waals surface area contributed by atoms with Gasteiger partial charge in [-0.1, -0.05) is 30.3 Å². The Morgan fingerprint density at radius 1 is 1.08 bits per heavy atom. The molecular weight excluding hydrogens is 312 g/mol. The molecule has 0 fully saturated rings. The van der Waals surface area contributed by atoms with E-state index in [-0.39, 0.29) is 11.0 Å². The van der Waals surface area contributed by atoms with E-state index in [2.05, 4.69) is 15.3 Å². The van der Waals surface area contributed by atoms with Crippen LogP contribution in [0.5, 0.6) is 0 Å². The van der Waals surface area contributed by atoms with Gasteiger partial charge in [0.15, 0.2) is 11.6 Å². The largest absolute Gasteiger partial charge is 0.385 e. The van der Waals surface area contributed by atoms with E-state index < -0.39 is 17.2 Å². The van der Waals surface area contributed by atoms with Crippen LogP contribution in [0.15, 0.2) is 48.7 Å². The summed E-state index contributed by atoms with van der Waals surface area (Å²) in [6.45, 7) is 2.19. The second-order valence-electron chi connectivity index (χ2n) is 5.83. The molecule has 1 unspecified atom stereocenters. The number of hydrogen-bond donors (Lipinski definition) is 2. The van der Waals surface area contributed by atoms with Crippen LogP contribution in [0.25, 0.3) is 11.0 Å². The molecule has 0 radical (unpaired) electrons. The highest BCUT2D eigenvalue weighted by Gasteiger charge is 2.22. The molecule has 1 aromatic heterocycles. The number of aromatic nitrogens is 2. The highest BCUT2D eigenvalue weighted by atomic mass is 19.2. The maximum atomic E-state index is 13.3. The van der Waals surface area contributed by atoms with Crippen LogP contribution in [-0.2, 0) is 5.60 Å². The fraction of sp³-hybridized carbons (Fsp3) is 0.222. The van der Waals surface area contributed by atoms with Gasteiger partial charge < -0.3 is 10.4 Å². The van der Waals surface area contributed by atoms with Crippen LogP contribution < -0.4 is 5.32 Å². The fourth-order valence-corrected chi connectivity index (χ4v) is 2.47. The van der Waals surface area contributed by atoms with E-state index >= 15 is 0 Å². The Kier molecular flexibility index (Phi) is 4.40. The maximum Gasteiger partial charge on any atom is 0.161 e. The number of anilines is 1. The van der Waals surface area contributed by atoms with Crippen LogP contribution in [0.1, 0.15) is 18.9 Å². The first-order valence-electron chi connectivity index (χ1n) is 7.59. The monoisotopic (exact) mass is 329 g/mol. The van der Waals surface area contributed by atoms with Gasteiger partial charge in [-0.2, -0.15) is 0 Å². The van der Waals surface area contributed by atoms with Gasteiger partial charge in [0, 0.05) is 18.7 Å². The predicted octanol–water partition coefficient (Wildman–Crippen LogP) is 3.62. The number of aliphatic hydroxyl groups is 1. The zero-order chi connectivity index (χ0) is 17.2. The Labute approximate surface area is 138 Å². The van der Waals surface area contributed by atoms with Crippen LogP contribution in [0, 0.1) is 11.6 Å². The number of fused-ring (bicyclic) bond motifs is 1. The van der Waals surface area contributed by atoms with E-state index in [9.17, 15) is 13.9 Å². The van der Waals surface area contributed by atoms with Gasteiger partial charge in [0.05, 0.1) is 22.8 Å². The maximum absolute atomic E-state index is 13.3. The summed E-state index contributed by atoms with van der Waals surface area (Å²) in [5.41, 5.74) is 0.409. The summed E-state index contributed by atoms with van der Waals surface area (Å²) in [6.07, 6.45) is 1.91. The van der Waals surface area contributed by atoms with E-state index in [1.54, 1.807) is 6.92 Å². The first-order valence-corrected chi connectivity index (χ1v) is 7.59. The topological polar surface area (TPSA) is 58.0 Å². The highest BCUT2D eigenvalue weighted by molar-refractivity contribution is 5.75. The van der Waals surface area contributed by atoms with Crippen molar-refractivity contribution in [3.8, 4) is 0 Å². The SMILES string of the molecule is CC(O)(CCNc1cnc2cc(F)c(F)cc2n1)c1ccccc1. The van der Waals surface area contributed by atoms with E-state index in [4.69, 9.17) is 0 Å². The lowest BCUT2D eigenvalue weighted by molar-refractivity contribution is 0.0515. The third-order valence-corrected chi connectivity index (χ3v) is 3.90. The lowest BCUT2D eigenvalue weighted by Crippen LogP contribution is -2.24. The lowest BCUT2D eigenvalue weighted by Gasteiger charge is -2.24. The zero-order valence-electron chi connectivity index (χ0n) is 13.1. The summed E-state index contributed by atoms with van der Waals surface area (Å²) in [5.74, 6) is -1.46. The molecule has 0 aliphatic carbocycles. The molecule has 3 aromatic rings. The molecular formula is C18H17F2N3O. The minimum atomic E-state index is -0.978. The lowest BCUT2D eigenvalue weighted by atomic mass is 9.93. The van der Waals surface area contributed by atoms with Gasteiger partial charge in [-0.3, -0.25) is 4.98 Å². The average molecular weight is 329 g/mol. The standard InChI is InChI=1S/C18H17F2N3O/c1-18(24,12-5-3-2-4-6-12)7-8-21-17-11-22-15-9-13(19)14(20)10-16(15)23-17/h2-6,9-11,24H,7-8H2,1H3,(H,21,23). The minimum absolute atomic E-state index is 0.272. The Morgan fingerprint density at radius 3 is 2.46 bits per heavy atom. The second-order valence-corrected chi connectivity index (χ2v) is 5.83. The van der Waals surface area contributed by atoms with Gasteiger partial charge in [-0.15, -0.1) is 0 Å². The van der Waals surface area contributed by atoms with Gasteiger partial charge in [-0.25, -0.2) is 13.8 Å². The summed E-state index contributed by atoms with van der Waals surface area (Å²) in [4.78, 5) is 8.27. The molecule has 6 heteroatoms. The van der Waals surface area contributed by atoms with E-state index in [1.165, 1.54) is 6.20 Å². The number of benzene rings is 2. The number of rotatable bonds is 5. The van der Waals surface area contributed by atoms with Gasteiger partial charge >= 0.3 is 0 Å². The molecule has 0 spiro atoms. The summed E-state index contributed by atoms with van der Waals surface area (Å²) in [5, 5.41) is 13.6. The van der Waals surface area contributed by atoms with Crippen molar-refractivity contribution in [1.29, 1.82) is 0 Å². The molecule has 2 aromatic carbocycles. The van der Waals surface area contributed by atoms with Gasteiger partial charge in [-0.05, 0) is 18.9 Å². The summed E-state index contributed by atoms with van der Waals surface area (Å²) < 4.78 is 26.4. The van der Waals surface area contributed by atoms with Crippen LogP contribution in [0.3, 0.4) is 0 Å². The fourth-order valence-electron chi connectivity index (χ4n) is 2.47. The van der Waals surface area contributed by atoms with Crippen LogP contribution in [0.2, 0.25) is 0 Å². The molecule has 2 N–H and O–H groups in total. The van der Waals surface area contributed by atoms with Gasteiger partial charge in [0.2, 0.25) is 0 Å². The summed E-state index contributed by atoms with van der Waals surface area (Å²) >= 11 is 0. The Morgan fingerprint density at radius 2 is 1.75 bits per heavy atom. The number of halogens is 2. The van der Waals surface area contributed by atoms with Crippen molar-refractivity contribution < 1.29 is 13.9 Å². The highest BCUT2D eigenvalue weighted by Crippen LogP contribution is 2.24. The Hall–Kier alpha value is -2.60. The van der Waals surface area contributed by atoms with Gasteiger partial charge in [0.25, 0.3) is 0 Å². The molecule has 0 saturated heterocycles. The van der Waals surface area contributed by atoms with Crippen LogP contribution in [0.4, 0.5) is 14.6 Å². The van der Waals surface area contributed by atoms with Crippen molar-refractivity contribution in [2.75, 3.05) is 11.9 Å². The van der Waals surface area contributed by atoms with Crippen LogP contribution >= 0.6 is 0 Å². The minimum Gasteiger partial charge on any atom is -0.385 e. The van der Waals surface area contributed by atoms with Crippen molar-refractivity contribution in [3.63, 3.8) is 0 Å². The molecule has 0 bridgehead atoms. The predicted molar refractivity (Wildman–Crippen MR) is 88.6 cm³/mol. The normalized spacial score (nSPS) is 13.7. The molecule has 4 nitrogen and oxygen atoms in total. The molecule has 1 heterocycles. The Balaban J connectivity index is 1.68.